The number of ether oxygens (including phenoxy) is 1. The third kappa shape index (κ3) is 2.05. The number of halogens is 2. The molecule has 102 valence electrons. The molecule has 0 atom stereocenters. The molecular formula is C14H10BrFN2OS. The highest BCUT2D eigenvalue weighted by Crippen LogP contribution is 2.29. The third-order valence-corrected chi connectivity index (χ3v) is 3.94. The van der Waals surface area contributed by atoms with Gasteiger partial charge in [-0.3, -0.25) is 4.57 Å². The van der Waals surface area contributed by atoms with Gasteiger partial charge in [0.2, 0.25) is 0 Å². The smallest absolute Gasteiger partial charge is 0.182 e. The molecule has 3 aromatic rings. The number of aromatic nitrogens is 2. The summed E-state index contributed by atoms with van der Waals surface area (Å²) in [7, 11) is 1.59. The quantitative estimate of drug-likeness (QED) is 0.683. The molecule has 1 aromatic heterocycles. The van der Waals surface area contributed by atoms with E-state index in [0.717, 1.165) is 11.2 Å². The van der Waals surface area contributed by atoms with Gasteiger partial charge in [0.25, 0.3) is 0 Å². The topological polar surface area (TPSA) is 29.9 Å². The first-order chi connectivity index (χ1) is 9.61. The number of rotatable bonds is 2. The van der Waals surface area contributed by atoms with E-state index in [-0.39, 0.29) is 5.82 Å². The van der Waals surface area contributed by atoms with E-state index in [0.29, 0.717) is 20.5 Å². The van der Waals surface area contributed by atoms with Crippen LogP contribution in [0.2, 0.25) is 0 Å². The van der Waals surface area contributed by atoms with Gasteiger partial charge in [-0.2, -0.15) is 0 Å². The van der Waals surface area contributed by atoms with Gasteiger partial charge in [0.15, 0.2) is 4.77 Å². The standard InChI is InChI=1S/C14H10BrFN2OS/c1-19-13-5-3-2-4-11(13)18-12-7-9(16)8(15)6-10(12)17-14(18)20/h2-7H,1H3,(H,17,20). The number of methoxy groups -OCH3 is 1. The van der Waals surface area contributed by atoms with E-state index >= 15 is 0 Å². The molecule has 20 heavy (non-hydrogen) atoms. The van der Waals surface area contributed by atoms with Crippen LogP contribution in [0.5, 0.6) is 5.75 Å². The molecular weight excluding hydrogens is 343 g/mol. The van der Waals surface area contributed by atoms with Crippen molar-refractivity contribution in [2.45, 2.75) is 0 Å². The molecule has 0 spiro atoms. The van der Waals surface area contributed by atoms with Gasteiger partial charge in [-0.1, -0.05) is 12.1 Å². The molecule has 0 bridgehead atoms. The maximum atomic E-state index is 13.8. The number of hydrogen-bond donors (Lipinski definition) is 1. The molecule has 0 aliphatic heterocycles. The van der Waals surface area contributed by atoms with E-state index < -0.39 is 0 Å². The highest BCUT2D eigenvalue weighted by Gasteiger charge is 2.13. The Kier molecular flexibility index (Phi) is 3.35. The minimum atomic E-state index is -0.338. The number of nitrogens with zero attached hydrogens (tertiary/aromatic N) is 1. The maximum Gasteiger partial charge on any atom is 0.182 e. The lowest BCUT2D eigenvalue weighted by Crippen LogP contribution is -1.98. The number of nitrogens with one attached hydrogen (secondary N) is 1. The van der Waals surface area contributed by atoms with Crippen molar-refractivity contribution in [3.05, 3.63) is 51.5 Å². The first-order valence-corrected chi connectivity index (χ1v) is 7.05. The van der Waals surface area contributed by atoms with Crippen LogP contribution in [0.15, 0.2) is 40.9 Å². The first kappa shape index (κ1) is 13.3. The lowest BCUT2D eigenvalue weighted by molar-refractivity contribution is 0.413. The van der Waals surface area contributed by atoms with Gasteiger partial charge in [0.1, 0.15) is 11.6 Å². The Labute approximate surface area is 128 Å². The van der Waals surface area contributed by atoms with Gasteiger partial charge in [-0.15, -0.1) is 0 Å². The van der Waals surface area contributed by atoms with Gasteiger partial charge in [-0.25, -0.2) is 4.39 Å². The molecule has 0 radical (unpaired) electrons. The molecule has 0 unspecified atom stereocenters. The number of imidazole rings is 1. The molecule has 0 saturated carbocycles. The van der Waals surface area contributed by atoms with Crippen molar-refractivity contribution in [1.29, 1.82) is 0 Å². The molecule has 0 saturated heterocycles. The van der Waals surface area contributed by atoms with Crippen LogP contribution in [0.3, 0.4) is 0 Å². The normalized spacial score (nSPS) is 10.9. The van der Waals surface area contributed by atoms with Crippen LogP contribution >= 0.6 is 28.1 Å². The monoisotopic (exact) mass is 352 g/mol. The highest BCUT2D eigenvalue weighted by atomic mass is 79.9. The lowest BCUT2D eigenvalue weighted by Gasteiger charge is -2.10. The minimum Gasteiger partial charge on any atom is -0.495 e. The Morgan fingerprint density at radius 3 is 2.80 bits per heavy atom. The van der Waals surface area contributed by atoms with Gasteiger partial charge in [0, 0.05) is 6.07 Å². The number of fused-ring (bicyclic) bond motifs is 1. The molecule has 2 aromatic carbocycles. The Hall–Kier alpha value is -1.66. The second-order valence-electron chi connectivity index (χ2n) is 4.22. The van der Waals surface area contributed by atoms with Gasteiger partial charge < -0.3 is 9.72 Å². The fraction of sp³-hybridized carbons (Fsp3) is 0.0714. The van der Waals surface area contributed by atoms with E-state index in [1.54, 1.807) is 17.7 Å². The molecule has 6 heteroatoms. The average molecular weight is 353 g/mol. The fourth-order valence-corrected chi connectivity index (χ4v) is 2.81. The molecule has 1 heterocycles. The summed E-state index contributed by atoms with van der Waals surface area (Å²) < 4.78 is 21.8. The van der Waals surface area contributed by atoms with Crippen molar-refractivity contribution in [3.63, 3.8) is 0 Å². The van der Waals surface area contributed by atoms with Crippen LogP contribution in [0.25, 0.3) is 16.7 Å². The predicted octanol–water partition coefficient (Wildman–Crippen LogP) is 4.60. The molecule has 0 fully saturated rings. The van der Waals surface area contributed by atoms with E-state index in [2.05, 4.69) is 20.9 Å². The maximum absolute atomic E-state index is 13.8. The summed E-state index contributed by atoms with van der Waals surface area (Å²) in [6, 6.07) is 10.6. The van der Waals surface area contributed by atoms with Crippen molar-refractivity contribution in [3.8, 4) is 11.4 Å². The predicted molar refractivity (Wildman–Crippen MR) is 82.7 cm³/mol. The summed E-state index contributed by atoms with van der Waals surface area (Å²) in [6.07, 6.45) is 0. The second kappa shape index (κ2) is 5.03. The Morgan fingerprint density at radius 2 is 2.05 bits per heavy atom. The number of hydrogen-bond acceptors (Lipinski definition) is 2. The fourth-order valence-electron chi connectivity index (χ4n) is 2.16. The van der Waals surface area contributed by atoms with Crippen molar-refractivity contribution in [2.75, 3.05) is 7.11 Å². The largest absolute Gasteiger partial charge is 0.495 e. The molecule has 3 rings (SSSR count). The van der Waals surface area contributed by atoms with Crippen molar-refractivity contribution >= 4 is 39.2 Å². The number of H-pyrrole nitrogens is 1. The van der Waals surface area contributed by atoms with Crippen molar-refractivity contribution < 1.29 is 9.13 Å². The zero-order valence-corrected chi connectivity index (χ0v) is 12.9. The van der Waals surface area contributed by atoms with Crippen LogP contribution in [-0.4, -0.2) is 16.7 Å². The Bertz CT molecular complexity index is 856. The van der Waals surface area contributed by atoms with Crippen LogP contribution in [0.4, 0.5) is 4.39 Å². The van der Waals surface area contributed by atoms with Crippen molar-refractivity contribution in [2.24, 2.45) is 0 Å². The Balaban J connectivity index is 2.39. The van der Waals surface area contributed by atoms with E-state index in [1.165, 1.54) is 6.07 Å². The summed E-state index contributed by atoms with van der Waals surface area (Å²) in [5.74, 6) is 0.336. The summed E-state index contributed by atoms with van der Waals surface area (Å²) in [5.41, 5.74) is 2.20. The Morgan fingerprint density at radius 1 is 1.30 bits per heavy atom. The number of para-hydroxylation sites is 2. The van der Waals surface area contributed by atoms with E-state index in [1.807, 2.05) is 24.3 Å². The molecule has 0 aliphatic carbocycles. The molecule has 0 aliphatic rings. The number of aromatic amines is 1. The lowest BCUT2D eigenvalue weighted by atomic mass is 10.2. The van der Waals surface area contributed by atoms with Crippen LogP contribution < -0.4 is 4.74 Å². The SMILES string of the molecule is COc1ccccc1-n1c(=S)[nH]c2cc(Br)c(F)cc21. The first-order valence-electron chi connectivity index (χ1n) is 5.85. The number of benzene rings is 2. The summed E-state index contributed by atoms with van der Waals surface area (Å²) in [5, 5.41) is 0. The summed E-state index contributed by atoms with van der Waals surface area (Å²) in [6.45, 7) is 0. The zero-order chi connectivity index (χ0) is 14.3. The van der Waals surface area contributed by atoms with Crippen LogP contribution in [0.1, 0.15) is 0 Å². The van der Waals surface area contributed by atoms with Gasteiger partial charge >= 0.3 is 0 Å². The van der Waals surface area contributed by atoms with Crippen LogP contribution in [0, 0.1) is 10.6 Å². The summed E-state index contributed by atoms with van der Waals surface area (Å²) in [4.78, 5) is 3.07. The zero-order valence-electron chi connectivity index (χ0n) is 10.5. The van der Waals surface area contributed by atoms with Crippen LogP contribution in [-0.2, 0) is 0 Å². The summed E-state index contributed by atoms with van der Waals surface area (Å²) >= 11 is 8.51. The average Bonchev–Trinajstić information content (AvgIpc) is 2.74. The third-order valence-electron chi connectivity index (χ3n) is 3.05. The van der Waals surface area contributed by atoms with Gasteiger partial charge in [0.05, 0.1) is 28.3 Å². The molecule has 0 amide bonds. The minimum absolute atomic E-state index is 0.338. The molecule has 3 nitrogen and oxygen atoms in total. The van der Waals surface area contributed by atoms with Gasteiger partial charge in [-0.05, 0) is 46.3 Å². The second-order valence-corrected chi connectivity index (χ2v) is 5.46. The van der Waals surface area contributed by atoms with E-state index in [9.17, 15) is 4.39 Å². The molecule has 1 N–H and O–H groups in total. The van der Waals surface area contributed by atoms with Crippen molar-refractivity contribution in [1.82, 2.24) is 9.55 Å². The highest BCUT2D eigenvalue weighted by molar-refractivity contribution is 9.10. The van der Waals surface area contributed by atoms with E-state index in [4.69, 9.17) is 17.0 Å².